The van der Waals surface area contributed by atoms with Gasteiger partial charge in [-0.2, -0.15) is 4.31 Å². The molecule has 2 aromatic carbocycles. The number of ether oxygens (including phenoxy) is 1. The molecule has 27 heavy (non-hydrogen) atoms. The summed E-state index contributed by atoms with van der Waals surface area (Å²) < 4.78 is 33.4. The van der Waals surface area contributed by atoms with E-state index in [4.69, 9.17) is 16.3 Å². The van der Waals surface area contributed by atoms with Crippen LogP contribution in [0.3, 0.4) is 0 Å². The van der Waals surface area contributed by atoms with E-state index in [1.165, 1.54) is 10.4 Å². The number of pyridine rings is 1. The molecule has 1 unspecified atom stereocenters. The van der Waals surface area contributed by atoms with Gasteiger partial charge in [0, 0.05) is 23.2 Å². The van der Waals surface area contributed by atoms with E-state index < -0.39 is 10.0 Å². The highest BCUT2D eigenvalue weighted by molar-refractivity contribution is 7.89. The Kier molecular flexibility index (Phi) is 4.80. The Balaban J connectivity index is 1.53. The van der Waals surface area contributed by atoms with Crippen molar-refractivity contribution in [3.8, 4) is 5.75 Å². The van der Waals surface area contributed by atoms with Crippen LogP contribution >= 0.6 is 11.6 Å². The quantitative estimate of drug-likeness (QED) is 0.660. The van der Waals surface area contributed by atoms with E-state index >= 15 is 0 Å². The number of aromatic nitrogens is 1. The van der Waals surface area contributed by atoms with Crippen molar-refractivity contribution in [2.75, 3.05) is 13.1 Å². The fraction of sp³-hybridized carbons (Fsp3) is 0.250. The van der Waals surface area contributed by atoms with Crippen molar-refractivity contribution in [1.29, 1.82) is 0 Å². The first-order valence-corrected chi connectivity index (χ1v) is 10.5. The Morgan fingerprint density at radius 2 is 2.00 bits per heavy atom. The van der Waals surface area contributed by atoms with Crippen LogP contribution in [-0.2, 0) is 10.0 Å². The third kappa shape index (κ3) is 3.52. The van der Waals surface area contributed by atoms with Crippen molar-refractivity contribution >= 4 is 32.5 Å². The zero-order valence-electron chi connectivity index (χ0n) is 14.8. The average Bonchev–Trinajstić information content (AvgIpc) is 3.14. The van der Waals surface area contributed by atoms with Gasteiger partial charge in [-0.25, -0.2) is 8.42 Å². The van der Waals surface area contributed by atoms with Crippen LogP contribution < -0.4 is 4.74 Å². The molecular formula is C20H19ClN2O3S. The maximum absolute atomic E-state index is 12.9. The number of fused-ring (bicyclic) bond motifs is 1. The summed E-state index contributed by atoms with van der Waals surface area (Å²) in [5.41, 5.74) is 1.63. The maximum Gasteiger partial charge on any atom is 0.243 e. The highest BCUT2D eigenvalue weighted by atomic mass is 35.5. The fourth-order valence-corrected chi connectivity index (χ4v) is 5.00. The van der Waals surface area contributed by atoms with Gasteiger partial charge in [-0.1, -0.05) is 35.9 Å². The molecule has 4 rings (SSSR count). The van der Waals surface area contributed by atoms with E-state index in [1.807, 2.05) is 37.3 Å². The van der Waals surface area contributed by atoms with Crippen LogP contribution in [0.1, 0.15) is 12.0 Å². The van der Waals surface area contributed by atoms with E-state index in [2.05, 4.69) is 4.98 Å². The van der Waals surface area contributed by atoms with Crippen molar-refractivity contribution in [3.05, 3.63) is 65.3 Å². The molecular weight excluding hydrogens is 384 g/mol. The number of rotatable bonds is 4. The average molecular weight is 403 g/mol. The molecule has 0 amide bonds. The topological polar surface area (TPSA) is 59.5 Å². The molecule has 0 bridgehead atoms. The Bertz CT molecular complexity index is 1100. The van der Waals surface area contributed by atoms with Crippen LogP contribution in [0.25, 0.3) is 10.9 Å². The lowest BCUT2D eigenvalue weighted by atomic mass is 10.2. The number of hydrogen-bond acceptors (Lipinski definition) is 4. The number of halogens is 1. The summed E-state index contributed by atoms with van der Waals surface area (Å²) in [5, 5.41) is 1.44. The Morgan fingerprint density at radius 3 is 2.81 bits per heavy atom. The smallest absolute Gasteiger partial charge is 0.243 e. The lowest BCUT2D eigenvalue weighted by Gasteiger charge is -2.18. The zero-order valence-corrected chi connectivity index (χ0v) is 16.4. The Morgan fingerprint density at radius 1 is 1.19 bits per heavy atom. The molecule has 0 spiro atoms. The fourth-order valence-electron chi connectivity index (χ4n) is 3.25. The molecule has 1 aliphatic heterocycles. The lowest BCUT2D eigenvalue weighted by molar-refractivity contribution is 0.218. The Labute approximate surface area is 163 Å². The van der Waals surface area contributed by atoms with Gasteiger partial charge in [-0.15, -0.1) is 0 Å². The number of sulfonamides is 1. The highest BCUT2D eigenvalue weighted by Gasteiger charge is 2.34. The minimum Gasteiger partial charge on any atom is -0.487 e. The van der Waals surface area contributed by atoms with Gasteiger partial charge < -0.3 is 4.74 Å². The molecule has 3 aromatic rings. The maximum atomic E-state index is 12.9. The van der Waals surface area contributed by atoms with Gasteiger partial charge in [-0.05, 0) is 43.2 Å². The molecule has 5 nitrogen and oxygen atoms in total. The van der Waals surface area contributed by atoms with Gasteiger partial charge in [0.2, 0.25) is 10.0 Å². The predicted octanol–water partition coefficient (Wildman–Crippen LogP) is 4.04. The van der Waals surface area contributed by atoms with Crippen LogP contribution in [-0.4, -0.2) is 36.9 Å². The summed E-state index contributed by atoms with van der Waals surface area (Å²) in [6, 6.07) is 14.4. The molecule has 0 radical (unpaired) electrons. The summed E-state index contributed by atoms with van der Waals surface area (Å²) in [4.78, 5) is 4.60. The predicted molar refractivity (Wildman–Crippen MR) is 106 cm³/mol. The normalized spacial score (nSPS) is 18.1. The molecule has 0 saturated carbocycles. The van der Waals surface area contributed by atoms with Gasteiger partial charge in [0.1, 0.15) is 17.4 Å². The van der Waals surface area contributed by atoms with Crippen LogP contribution in [0.5, 0.6) is 5.75 Å². The number of benzene rings is 2. The second-order valence-corrected chi connectivity index (χ2v) is 8.98. The number of nitrogens with zero attached hydrogens (tertiary/aromatic N) is 2. The third-order valence-electron chi connectivity index (χ3n) is 4.78. The van der Waals surface area contributed by atoms with Crippen molar-refractivity contribution in [1.82, 2.24) is 9.29 Å². The third-order valence-corrected chi connectivity index (χ3v) is 7.05. The van der Waals surface area contributed by atoms with E-state index in [1.54, 1.807) is 18.3 Å². The molecule has 0 N–H and O–H groups in total. The summed E-state index contributed by atoms with van der Waals surface area (Å²) in [5.74, 6) is 0.677. The van der Waals surface area contributed by atoms with Crippen molar-refractivity contribution < 1.29 is 13.2 Å². The SMILES string of the molecule is Cc1ccc(S(=O)(=O)N2CCC(Oc3cccc4cccnc34)C2)cc1Cl. The molecule has 2 heterocycles. The van der Waals surface area contributed by atoms with Gasteiger partial charge in [-0.3, -0.25) is 4.98 Å². The number of hydrogen-bond donors (Lipinski definition) is 0. The van der Waals surface area contributed by atoms with Gasteiger partial charge in [0.05, 0.1) is 11.4 Å². The second kappa shape index (κ2) is 7.11. The molecule has 1 saturated heterocycles. The van der Waals surface area contributed by atoms with Crippen molar-refractivity contribution in [2.24, 2.45) is 0 Å². The van der Waals surface area contributed by atoms with Gasteiger partial charge >= 0.3 is 0 Å². The van der Waals surface area contributed by atoms with E-state index in [-0.39, 0.29) is 11.0 Å². The summed E-state index contributed by atoms with van der Waals surface area (Å²) in [6.07, 6.45) is 2.14. The zero-order chi connectivity index (χ0) is 19.0. The van der Waals surface area contributed by atoms with Gasteiger partial charge in [0.25, 0.3) is 0 Å². The van der Waals surface area contributed by atoms with Gasteiger partial charge in [0.15, 0.2) is 0 Å². The lowest BCUT2D eigenvalue weighted by Crippen LogP contribution is -2.31. The number of para-hydroxylation sites is 1. The number of aryl methyl sites for hydroxylation is 1. The van der Waals surface area contributed by atoms with Crippen LogP contribution in [0, 0.1) is 6.92 Å². The summed E-state index contributed by atoms with van der Waals surface area (Å²) in [7, 11) is -3.59. The molecule has 7 heteroatoms. The van der Waals surface area contributed by atoms with E-state index in [0.717, 1.165) is 16.5 Å². The first-order chi connectivity index (χ1) is 12.9. The second-order valence-electron chi connectivity index (χ2n) is 6.63. The standard InChI is InChI=1S/C20H19ClN2O3S/c1-14-7-8-17(12-18(14)21)27(24,25)23-11-9-16(13-23)26-19-6-2-4-15-5-3-10-22-20(15)19/h2-8,10,12,16H,9,11,13H2,1H3. The van der Waals surface area contributed by atoms with E-state index in [9.17, 15) is 8.42 Å². The first kappa shape index (κ1) is 18.2. The summed E-state index contributed by atoms with van der Waals surface area (Å²) >= 11 is 6.10. The van der Waals surface area contributed by atoms with Crippen molar-refractivity contribution in [3.63, 3.8) is 0 Å². The molecule has 1 atom stereocenters. The molecule has 1 aliphatic rings. The minimum atomic E-state index is -3.59. The first-order valence-electron chi connectivity index (χ1n) is 8.72. The monoisotopic (exact) mass is 402 g/mol. The van der Waals surface area contributed by atoms with Crippen LogP contribution in [0.4, 0.5) is 0 Å². The van der Waals surface area contributed by atoms with Crippen molar-refractivity contribution in [2.45, 2.75) is 24.3 Å². The molecule has 140 valence electrons. The molecule has 1 fully saturated rings. The Hall–Kier alpha value is -2.15. The van der Waals surface area contributed by atoms with E-state index in [0.29, 0.717) is 30.3 Å². The van der Waals surface area contributed by atoms with Crippen LogP contribution in [0.15, 0.2) is 59.6 Å². The largest absolute Gasteiger partial charge is 0.487 e. The summed E-state index contributed by atoms with van der Waals surface area (Å²) in [6.45, 7) is 2.56. The molecule has 0 aliphatic carbocycles. The minimum absolute atomic E-state index is 0.213. The van der Waals surface area contributed by atoms with Crippen LogP contribution in [0.2, 0.25) is 5.02 Å². The molecule has 1 aromatic heterocycles. The highest BCUT2D eigenvalue weighted by Crippen LogP contribution is 2.29.